The van der Waals surface area contributed by atoms with Crippen molar-refractivity contribution in [2.75, 3.05) is 20.2 Å². The first-order valence-electron chi connectivity index (χ1n) is 9.37. The maximum atomic E-state index is 10.8. The summed E-state index contributed by atoms with van der Waals surface area (Å²) >= 11 is 0. The summed E-state index contributed by atoms with van der Waals surface area (Å²) in [4.78, 5) is 16.1. The first-order valence-corrected chi connectivity index (χ1v) is 9.37. The van der Waals surface area contributed by atoms with Crippen molar-refractivity contribution in [3.63, 3.8) is 0 Å². The van der Waals surface area contributed by atoms with Crippen LogP contribution in [0.15, 0.2) is 24.3 Å². The Hall–Kier alpha value is -1.59. The third-order valence-corrected chi connectivity index (χ3v) is 6.80. The minimum Gasteiger partial charge on any atom is -0.482 e. The topological polar surface area (TPSA) is 53.0 Å². The van der Waals surface area contributed by atoms with Gasteiger partial charge in [-0.3, -0.25) is 9.80 Å². The summed E-state index contributed by atoms with van der Waals surface area (Å²) in [5, 5.41) is 8.90. The highest BCUT2D eigenvalue weighted by Gasteiger charge is 2.58. The van der Waals surface area contributed by atoms with Crippen molar-refractivity contribution in [1.82, 2.24) is 9.80 Å². The number of ether oxygens (including phenoxy) is 1. The van der Waals surface area contributed by atoms with Gasteiger partial charge in [0.2, 0.25) is 0 Å². The van der Waals surface area contributed by atoms with E-state index < -0.39 is 5.97 Å². The second-order valence-electron chi connectivity index (χ2n) is 8.21. The fourth-order valence-corrected chi connectivity index (χ4v) is 5.73. The quantitative estimate of drug-likeness (QED) is 0.890. The van der Waals surface area contributed by atoms with Gasteiger partial charge in [-0.2, -0.15) is 0 Å². The van der Waals surface area contributed by atoms with Gasteiger partial charge in [-0.05, 0) is 32.4 Å². The molecule has 1 saturated carbocycles. The maximum Gasteiger partial charge on any atom is 0.341 e. The molecular formula is C20H28N2O3. The molecule has 2 saturated heterocycles. The van der Waals surface area contributed by atoms with Crippen LogP contribution in [0.2, 0.25) is 0 Å². The highest BCUT2D eigenvalue weighted by Crippen LogP contribution is 2.54. The molecule has 0 radical (unpaired) electrons. The molecule has 5 nitrogen and oxygen atoms in total. The van der Waals surface area contributed by atoms with Gasteiger partial charge in [0.1, 0.15) is 5.75 Å². The van der Waals surface area contributed by atoms with Gasteiger partial charge in [0, 0.05) is 42.2 Å². The molecule has 25 heavy (non-hydrogen) atoms. The van der Waals surface area contributed by atoms with Crippen molar-refractivity contribution in [2.45, 2.75) is 57.3 Å². The number of carboxylic acid groups (broad SMARTS) is 1. The van der Waals surface area contributed by atoms with E-state index in [9.17, 15) is 4.79 Å². The molecule has 0 amide bonds. The zero-order valence-corrected chi connectivity index (χ0v) is 15.1. The number of hydrogen-bond acceptors (Lipinski definition) is 4. The lowest BCUT2D eigenvalue weighted by atomic mass is 9.66. The van der Waals surface area contributed by atoms with Gasteiger partial charge in [-0.15, -0.1) is 0 Å². The minimum absolute atomic E-state index is 0.286. The first-order chi connectivity index (χ1) is 12.0. The Morgan fingerprint density at radius 3 is 2.88 bits per heavy atom. The van der Waals surface area contributed by atoms with E-state index in [0.29, 0.717) is 29.3 Å². The second kappa shape index (κ2) is 6.29. The summed E-state index contributed by atoms with van der Waals surface area (Å²) in [6.07, 6.45) is 5.21. The molecule has 0 spiro atoms. The van der Waals surface area contributed by atoms with Crippen LogP contribution in [0.25, 0.3) is 0 Å². The maximum absolute atomic E-state index is 10.8. The highest BCUT2D eigenvalue weighted by atomic mass is 16.5. The van der Waals surface area contributed by atoms with Crippen molar-refractivity contribution in [3.8, 4) is 5.75 Å². The SMILES string of the molecule is CN1[C@@H]2CN(Cc3ccccc3OCC(=O)O)[C@@H]3CCC[C@H]1[C@]3(C)C2. The number of nitrogens with zero attached hydrogens (tertiary/aromatic N) is 2. The van der Waals surface area contributed by atoms with Crippen molar-refractivity contribution in [1.29, 1.82) is 0 Å². The number of likely N-dealkylation sites (tertiary alicyclic amines) is 2. The summed E-state index contributed by atoms with van der Waals surface area (Å²) in [5.41, 5.74) is 1.48. The summed E-state index contributed by atoms with van der Waals surface area (Å²) in [5.74, 6) is -0.233. The molecule has 1 N–H and O–H groups in total. The van der Waals surface area contributed by atoms with Crippen LogP contribution < -0.4 is 4.74 Å². The number of benzene rings is 1. The van der Waals surface area contributed by atoms with E-state index in [4.69, 9.17) is 9.84 Å². The number of carboxylic acids is 1. The number of likely N-dealkylation sites (N-methyl/N-ethyl adjacent to an activating group) is 1. The van der Waals surface area contributed by atoms with Crippen molar-refractivity contribution >= 4 is 5.97 Å². The second-order valence-corrected chi connectivity index (χ2v) is 8.21. The Morgan fingerprint density at radius 2 is 2.08 bits per heavy atom. The molecule has 2 heterocycles. The van der Waals surface area contributed by atoms with Crippen molar-refractivity contribution in [2.24, 2.45) is 5.41 Å². The van der Waals surface area contributed by atoms with Crippen LogP contribution in [-0.4, -0.2) is 59.2 Å². The molecule has 1 aromatic carbocycles. The molecule has 4 atom stereocenters. The summed E-state index contributed by atoms with van der Waals surface area (Å²) < 4.78 is 5.52. The Balaban J connectivity index is 1.57. The van der Waals surface area contributed by atoms with E-state index in [1.807, 2.05) is 18.2 Å². The third-order valence-electron chi connectivity index (χ3n) is 6.80. The van der Waals surface area contributed by atoms with E-state index in [1.165, 1.54) is 25.7 Å². The average Bonchev–Trinajstić information content (AvgIpc) is 2.83. The van der Waals surface area contributed by atoms with E-state index in [-0.39, 0.29) is 6.61 Å². The van der Waals surface area contributed by atoms with Gasteiger partial charge in [0.05, 0.1) is 0 Å². The third kappa shape index (κ3) is 2.83. The Kier molecular flexibility index (Phi) is 4.24. The lowest BCUT2D eigenvalue weighted by Crippen LogP contribution is -2.55. The lowest BCUT2D eigenvalue weighted by molar-refractivity contribution is -0.139. The monoisotopic (exact) mass is 344 g/mol. The predicted octanol–water partition coefficient (Wildman–Crippen LogP) is 2.60. The lowest BCUT2D eigenvalue weighted by Gasteiger charge is -2.50. The van der Waals surface area contributed by atoms with Gasteiger partial charge in [-0.1, -0.05) is 31.5 Å². The predicted molar refractivity (Wildman–Crippen MR) is 95.7 cm³/mol. The zero-order valence-electron chi connectivity index (χ0n) is 15.1. The largest absolute Gasteiger partial charge is 0.482 e. The zero-order chi connectivity index (χ0) is 17.6. The van der Waals surface area contributed by atoms with Gasteiger partial charge in [-0.25, -0.2) is 4.79 Å². The number of rotatable bonds is 5. The number of hydrogen-bond donors (Lipinski definition) is 1. The Bertz CT molecular complexity index is 664. The van der Waals surface area contributed by atoms with Crippen LogP contribution in [0, 0.1) is 5.41 Å². The van der Waals surface area contributed by atoms with Crippen LogP contribution in [0.1, 0.15) is 38.2 Å². The number of fused-ring (bicyclic) bond motifs is 1. The number of aliphatic carboxylic acids is 1. The molecule has 0 aromatic heterocycles. The number of carbonyl (C=O) groups is 1. The normalized spacial score (nSPS) is 34.9. The smallest absolute Gasteiger partial charge is 0.341 e. The summed E-state index contributed by atoms with van der Waals surface area (Å²) in [7, 11) is 2.30. The van der Waals surface area contributed by atoms with E-state index >= 15 is 0 Å². The molecule has 2 aliphatic heterocycles. The summed E-state index contributed by atoms with van der Waals surface area (Å²) in [6, 6.07) is 9.83. The fraction of sp³-hybridized carbons (Fsp3) is 0.650. The van der Waals surface area contributed by atoms with Gasteiger partial charge >= 0.3 is 5.97 Å². The molecule has 3 fully saturated rings. The average molecular weight is 344 g/mol. The Labute approximate surface area is 149 Å². The van der Waals surface area contributed by atoms with E-state index in [0.717, 1.165) is 18.7 Å². The van der Waals surface area contributed by atoms with Crippen LogP contribution in [0.5, 0.6) is 5.75 Å². The van der Waals surface area contributed by atoms with Gasteiger partial charge in [0.25, 0.3) is 0 Å². The summed E-state index contributed by atoms with van der Waals surface area (Å²) in [6.45, 7) is 4.14. The molecule has 0 unspecified atom stereocenters. The molecule has 5 heteroatoms. The molecule has 4 rings (SSSR count). The molecular weight excluding hydrogens is 316 g/mol. The first kappa shape index (κ1) is 16.9. The van der Waals surface area contributed by atoms with Crippen LogP contribution in [0.3, 0.4) is 0 Å². The van der Waals surface area contributed by atoms with Gasteiger partial charge < -0.3 is 9.84 Å². The van der Waals surface area contributed by atoms with Crippen molar-refractivity contribution < 1.29 is 14.6 Å². The molecule has 2 bridgehead atoms. The minimum atomic E-state index is -0.935. The standard InChI is InChI=1S/C20H28N2O3/c1-20-10-15-12-22(18(20)9-5-8-17(20)21(15)2)11-14-6-3-4-7-16(14)25-13-19(23)24/h3-4,6-7,15,17-18H,5,8-13H2,1-2H3,(H,23,24)/t15-,17-,18+,20-/m0/s1. The van der Waals surface area contributed by atoms with Crippen LogP contribution >= 0.6 is 0 Å². The van der Waals surface area contributed by atoms with E-state index in [1.54, 1.807) is 0 Å². The molecule has 1 aromatic rings. The molecule has 136 valence electrons. The van der Waals surface area contributed by atoms with Crippen LogP contribution in [0.4, 0.5) is 0 Å². The van der Waals surface area contributed by atoms with Gasteiger partial charge in [0.15, 0.2) is 6.61 Å². The molecule has 3 aliphatic rings. The number of para-hydroxylation sites is 1. The van der Waals surface area contributed by atoms with E-state index in [2.05, 4.69) is 29.8 Å². The Morgan fingerprint density at radius 1 is 1.32 bits per heavy atom. The number of piperidine rings is 1. The van der Waals surface area contributed by atoms with Crippen molar-refractivity contribution in [3.05, 3.63) is 29.8 Å². The van der Waals surface area contributed by atoms with Crippen LogP contribution in [-0.2, 0) is 11.3 Å². The molecule has 1 aliphatic carbocycles. The fourth-order valence-electron chi connectivity index (χ4n) is 5.73. The highest BCUT2D eigenvalue weighted by molar-refractivity contribution is 5.68.